The summed E-state index contributed by atoms with van der Waals surface area (Å²) >= 11 is 1.64. The molecule has 2 heterocycles. The number of nitrogens with zero attached hydrogens (tertiary/aromatic N) is 3. The van der Waals surface area contributed by atoms with E-state index >= 15 is 0 Å². The summed E-state index contributed by atoms with van der Waals surface area (Å²) in [5.74, 6) is 3.07. The third-order valence-corrected chi connectivity index (χ3v) is 5.81. The predicted molar refractivity (Wildman–Crippen MR) is 91.4 cm³/mol. The number of alkyl halides is 3. The van der Waals surface area contributed by atoms with Gasteiger partial charge in [0.15, 0.2) is 0 Å². The summed E-state index contributed by atoms with van der Waals surface area (Å²) < 4.78 is 36.2. The Labute approximate surface area is 143 Å². The highest BCUT2D eigenvalue weighted by Gasteiger charge is 2.33. The number of H-pyrrole nitrogens is 1. The molecule has 0 atom stereocenters. The first-order valence-electron chi connectivity index (χ1n) is 8.09. The molecule has 132 valence electrons. The molecule has 1 aliphatic rings. The quantitative estimate of drug-likeness (QED) is 0.752. The average molecular weight is 358 g/mol. The number of hydrogen-bond acceptors (Lipinski definition) is 4. The molecule has 0 aromatic carbocycles. The molecule has 0 saturated heterocycles. The van der Waals surface area contributed by atoms with Gasteiger partial charge in [-0.2, -0.15) is 24.9 Å². The maximum Gasteiger partial charge on any atom is 0.389 e. The topological polar surface area (TPSA) is 44.8 Å². The van der Waals surface area contributed by atoms with Gasteiger partial charge < -0.3 is 9.88 Å². The number of halogens is 3. The molecule has 2 aromatic rings. The lowest BCUT2D eigenvalue weighted by Crippen LogP contribution is -2.44. The number of anilines is 1. The van der Waals surface area contributed by atoms with Crippen molar-refractivity contribution in [3.63, 3.8) is 0 Å². The van der Waals surface area contributed by atoms with Gasteiger partial charge in [-0.25, -0.2) is 9.97 Å². The third kappa shape index (κ3) is 4.15. The van der Waals surface area contributed by atoms with Gasteiger partial charge in [-0.3, -0.25) is 0 Å². The van der Waals surface area contributed by atoms with Crippen molar-refractivity contribution >= 4 is 28.6 Å². The Bertz CT molecular complexity index is 667. The molecule has 0 bridgehead atoms. The highest BCUT2D eigenvalue weighted by molar-refractivity contribution is 7.99. The van der Waals surface area contributed by atoms with Crippen LogP contribution in [0.5, 0.6) is 0 Å². The fraction of sp³-hybridized carbons (Fsp3) is 0.625. The Balaban J connectivity index is 1.41. The van der Waals surface area contributed by atoms with Gasteiger partial charge in [0.2, 0.25) is 0 Å². The van der Waals surface area contributed by atoms with E-state index in [4.69, 9.17) is 0 Å². The Kier molecular flexibility index (Phi) is 5.22. The summed E-state index contributed by atoms with van der Waals surface area (Å²) in [6.45, 7) is 0. The van der Waals surface area contributed by atoms with E-state index in [1.807, 2.05) is 19.3 Å². The molecular weight excluding hydrogens is 337 g/mol. The molecule has 0 amide bonds. The lowest BCUT2D eigenvalue weighted by Gasteiger charge is -2.41. The third-order valence-electron chi connectivity index (χ3n) is 4.53. The van der Waals surface area contributed by atoms with Crippen molar-refractivity contribution in [3.8, 4) is 0 Å². The first-order valence-corrected chi connectivity index (χ1v) is 9.25. The summed E-state index contributed by atoms with van der Waals surface area (Å²) in [4.78, 5) is 13.9. The summed E-state index contributed by atoms with van der Waals surface area (Å²) in [6, 6.07) is 2.42. The average Bonchev–Trinajstić information content (AvgIpc) is 2.95. The van der Waals surface area contributed by atoms with Gasteiger partial charge >= 0.3 is 6.18 Å². The van der Waals surface area contributed by atoms with Crippen LogP contribution in [0, 0.1) is 5.92 Å². The van der Waals surface area contributed by atoms with Crippen molar-refractivity contribution < 1.29 is 13.2 Å². The number of nitrogens with one attached hydrogen (secondary N) is 1. The molecular formula is C16H21F3N4S. The van der Waals surface area contributed by atoms with Crippen molar-refractivity contribution in [3.05, 3.63) is 18.6 Å². The van der Waals surface area contributed by atoms with Gasteiger partial charge in [-0.05, 0) is 42.8 Å². The van der Waals surface area contributed by atoms with Crippen LogP contribution in [0.15, 0.2) is 18.6 Å². The molecule has 3 rings (SSSR count). The van der Waals surface area contributed by atoms with E-state index in [1.165, 1.54) is 0 Å². The van der Waals surface area contributed by atoms with Crippen molar-refractivity contribution in [1.82, 2.24) is 15.0 Å². The van der Waals surface area contributed by atoms with Crippen molar-refractivity contribution in [2.75, 3.05) is 23.5 Å². The molecule has 0 radical (unpaired) electrons. The van der Waals surface area contributed by atoms with Gasteiger partial charge in [0.05, 0.1) is 5.39 Å². The Morgan fingerprint density at radius 3 is 2.88 bits per heavy atom. The summed E-state index contributed by atoms with van der Waals surface area (Å²) in [5, 5.41) is 1.02. The molecule has 2 aromatic heterocycles. The van der Waals surface area contributed by atoms with Crippen LogP contribution in [0.25, 0.3) is 11.0 Å². The van der Waals surface area contributed by atoms with Crippen LogP contribution >= 0.6 is 11.8 Å². The monoisotopic (exact) mass is 358 g/mol. The zero-order valence-electron chi connectivity index (χ0n) is 13.5. The molecule has 8 heteroatoms. The molecule has 0 spiro atoms. The first-order chi connectivity index (χ1) is 11.4. The minimum Gasteiger partial charge on any atom is -0.356 e. The maximum absolute atomic E-state index is 12.1. The fourth-order valence-electron chi connectivity index (χ4n) is 3.09. The molecule has 0 aliphatic heterocycles. The number of rotatable bonds is 7. The lowest BCUT2D eigenvalue weighted by atomic mass is 9.81. The van der Waals surface area contributed by atoms with Crippen LogP contribution in [0.4, 0.5) is 19.0 Å². The maximum atomic E-state index is 12.1. The van der Waals surface area contributed by atoms with E-state index in [-0.39, 0.29) is 6.42 Å². The summed E-state index contributed by atoms with van der Waals surface area (Å²) in [6.07, 6.45) is 1.09. The zero-order valence-corrected chi connectivity index (χ0v) is 14.3. The number of thioether (sulfide) groups is 1. The summed E-state index contributed by atoms with van der Waals surface area (Å²) in [7, 11) is 2.05. The van der Waals surface area contributed by atoms with Crippen LogP contribution in [-0.2, 0) is 0 Å². The molecule has 4 nitrogen and oxygen atoms in total. The zero-order chi connectivity index (χ0) is 17.2. The molecule has 0 unspecified atom stereocenters. The normalized spacial score (nSPS) is 21.0. The molecule has 1 fully saturated rings. The molecule has 1 aliphatic carbocycles. The van der Waals surface area contributed by atoms with Gasteiger partial charge in [0, 0.05) is 25.7 Å². The van der Waals surface area contributed by atoms with Crippen LogP contribution in [0.3, 0.4) is 0 Å². The number of aromatic amines is 1. The Hall–Kier alpha value is -1.44. The highest BCUT2D eigenvalue weighted by atomic mass is 32.2. The first kappa shape index (κ1) is 17.4. The second kappa shape index (κ2) is 7.21. The minimum atomic E-state index is -4.02. The second-order valence-electron chi connectivity index (χ2n) is 6.33. The van der Waals surface area contributed by atoms with Crippen LogP contribution < -0.4 is 4.90 Å². The number of fused-ring (bicyclic) bond motifs is 1. The van der Waals surface area contributed by atoms with Crippen LogP contribution in [0.2, 0.25) is 0 Å². The fourth-order valence-corrected chi connectivity index (χ4v) is 4.21. The molecule has 1 saturated carbocycles. The van der Waals surface area contributed by atoms with E-state index in [0.29, 0.717) is 17.7 Å². The van der Waals surface area contributed by atoms with E-state index in [9.17, 15) is 13.2 Å². The van der Waals surface area contributed by atoms with E-state index in [0.717, 1.165) is 35.4 Å². The highest BCUT2D eigenvalue weighted by Crippen LogP contribution is 2.37. The predicted octanol–water partition coefficient (Wildman–Crippen LogP) is 4.25. The standard InChI is InChI=1S/C16H21F3N4S/c1-23(15-13-3-5-20-14(13)21-10-22-15)12-7-11(8-12)9-24-6-2-4-16(17,18)19/h3,5,10-12H,2,4,6-9H2,1H3,(H,20,21,22). The van der Waals surface area contributed by atoms with E-state index in [2.05, 4.69) is 19.9 Å². The van der Waals surface area contributed by atoms with Crippen molar-refractivity contribution in [2.24, 2.45) is 5.92 Å². The number of hydrogen-bond donors (Lipinski definition) is 1. The molecule has 1 N–H and O–H groups in total. The van der Waals surface area contributed by atoms with Gasteiger partial charge in [0.1, 0.15) is 17.8 Å². The van der Waals surface area contributed by atoms with Crippen LogP contribution in [0.1, 0.15) is 25.7 Å². The smallest absolute Gasteiger partial charge is 0.356 e. The number of aromatic nitrogens is 3. The van der Waals surface area contributed by atoms with Crippen molar-refractivity contribution in [1.29, 1.82) is 0 Å². The second-order valence-corrected chi connectivity index (χ2v) is 7.48. The molecule has 24 heavy (non-hydrogen) atoms. The van der Waals surface area contributed by atoms with E-state index < -0.39 is 12.6 Å². The minimum absolute atomic E-state index is 0.219. The SMILES string of the molecule is CN(c1ncnc2[nH]ccc12)C1CC(CSCCCC(F)(F)F)C1. The largest absolute Gasteiger partial charge is 0.389 e. The van der Waals surface area contributed by atoms with Crippen LogP contribution in [-0.4, -0.2) is 45.7 Å². The van der Waals surface area contributed by atoms with Gasteiger partial charge in [-0.15, -0.1) is 0 Å². The van der Waals surface area contributed by atoms with Gasteiger partial charge in [-0.1, -0.05) is 0 Å². The summed E-state index contributed by atoms with van der Waals surface area (Å²) in [5.41, 5.74) is 0.836. The van der Waals surface area contributed by atoms with E-state index in [1.54, 1.807) is 18.1 Å². The van der Waals surface area contributed by atoms with Gasteiger partial charge in [0.25, 0.3) is 0 Å². The lowest BCUT2D eigenvalue weighted by molar-refractivity contribution is -0.134. The Morgan fingerprint density at radius 2 is 2.12 bits per heavy atom. The van der Waals surface area contributed by atoms with Crippen molar-refractivity contribution in [2.45, 2.75) is 37.9 Å². The Morgan fingerprint density at radius 1 is 1.33 bits per heavy atom.